The molecule has 0 aliphatic rings. The summed E-state index contributed by atoms with van der Waals surface area (Å²) in [5.74, 6) is -0.243. The molecule has 0 bridgehead atoms. The van der Waals surface area contributed by atoms with Crippen molar-refractivity contribution in [2.75, 3.05) is 20.1 Å². The molecule has 0 aliphatic heterocycles. The molecule has 0 aromatic heterocycles. The second kappa shape index (κ2) is 8.78. The maximum absolute atomic E-state index is 12.5. The van der Waals surface area contributed by atoms with E-state index in [2.05, 4.69) is 5.32 Å². The van der Waals surface area contributed by atoms with Crippen LogP contribution in [-0.4, -0.2) is 38.8 Å². The lowest BCUT2D eigenvalue weighted by Crippen LogP contribution is -2.35. The van der Waals surface area contributed by atoms with E-state index in [1.807, 2.05) is 44.2 Å². The molecule has 5 nitrogen and oxygen atoms in total. The predicted octanol–water partition coefficient (Wildman–Crippen LogP) is 2.84. The summed E-state index contributed by atoms with van der Waals surface area (Å²) in [6.07, 6.45) is 1.52. The van der Waals surface area contributed by atoms with Gasteiger partial charge >= 0.3 is 0 Å². The molecular weight excluding hydrogens is 348 g/mol. The first kappa shape index (κ1) is 19.9. The van der Waals surface area contributed by atoms with E-state index in [4.69, 9.17) is 0 Å². The van der Waals surface area contributed by atoms with Gasteiger partial charge in [-0.15, -0.1) is 0 Å². The van der Waals surface area contributed by atoms with Gasteiger partial charge in [-0.05, 0) is 37.1 Å². The Bertz CT molecular complexity index is 873. The van der Waals surface area contributed by atoms with E-state index in [9.17, 15) is 13.2 Å². The van der Waals surface area contributed by atoms with Crippen molar-refractivity contribution in [1.29, 1.82) is 0 Å². The van der Waals surface area contributed by atoms with Gasteiger partial charge in [0, 0.05) is 26.2 Å². The van der Waals surface area contributed by atoms with E-state index in [1.165, 1.54) is 17.4 Å². The molecule has 2 rings (SSSR count). The molecule has 0 fully saturated rings. The quantitative estimate of drug-likeness (QED) is 0.760. The van der Waals surface area contributed by atoms with Crippen LogP contribution in [-0.2, 0) is 14.8 Å². The van der Waals surface area contributed by atoms with Crippen LogP contribution in [0.15, 0.2) is 65.6 Å². The lowest BCUT2D eigenvalue weighted by molar-refractivity contribution is -0.116. The molecule has 0 atom stereocenters. The minimum absolute atomic E-state index is 0.195. The zero-order chi connectivity index (χ0) is 19.2. The Morgan fingerprint density at radius 2 is 1.69 bits per heavy atom. The van der Waals surface area contributed by atoms with Gasteiger partial charge in [0.25, 0.3) is 0 Å². The zero-order valence-corrected chi connectivity index (χ0v) is 16.1. The van der Waals surface area contributed by atoms with Crippen LogP contribution in [0.3, 0.4) is 0 Å². The van der Waals surface area contributed by atoms with Crippen LogP contribution in [0.4, 0.5) is 0 Å². The Labute approximate surface area is 155 Å². The second-order valence-corrected chi connectivity index (χ2v) is 8.17. The molecule has 2 aromatic carbocycles. The summed E-state index contributed by atoms with van der Waals surface area (Å²) in [5, 5.41) is 2.73. The van der Waals surface area contributed by atoms with E-state index in [1.54, 1.807) is 24.3 Å². The maximum atomic E-state index is 12.5. The van der Waals surface area contributed by atoms with Crippen molar-refractivity contribution in [2.45, 2.75) is 18.7 Å². The van der Waals surface area contributed by atoms with E-state index < -0.39 is 10.0 Å². The summed E-state index contributed by atoms with van der Waals surface area (Å²) in [7, 11) is -2.05. The minimum atomic E-state index is -3.55. The highest BCUT2D eigenvalue weighted by atomic mass is 32.2. The predicted molar refractivity (Wildman–Crippen MR) is 104 cm³/mol. The maximum Gasteiger partial charge on any atom is 0.244 e. The largest absolute Gasteiger partial charge is 0.351 e. The molecule has 0 saturated heterocycles. The van der Waals surface area contributed by atoms with Crippen LogP contribution in [0, 0.1) is 6.92 Å². The molecule has 26 heavy (non-hydrogen) atoms. The van der Waals surface area contributed by atoms with Gasteiger partial charge in [-0.2, -0.15) is 4.31 Å². The van der Waals surface area contributed by atoms with Gasteiger partial charge in [0.05, 0.1) is 4.90 Å². The minimum Gasteiger partial charge on any atom is -0.351 e. The number of carbonyl (C=O) groups is 1. The number of hydrogen-bond donors (Lipinski definition) is 1. The zero-order valence-electron chi connectivity index (χ0n) is 15.3. The van der Waals surface area contributed by atoms with E-state index in [-0.39, 0.29) is 23.9 Å². The lowest BCUT2D eigenvalue weighted by atomic mass is 10.1. The second-order valence-electron chi connectivity index (χ2n) is 6.12. The highest BCUT2D eigenvalue weighted by Crippen LogP contribution is 2.15. The first-order valence-electron chi connectivity index (χ1n) is 8.35. The van der Waals surface area contributed by atoms with Crippen LogP contribution in [0.5, 0.6) is 0 Å². The Morgan fingerprint density at radius 1 is 1.08 bits per heavy atom. The van der Waals surface area contributed by atoms with Crippen molar-refractivity contribution >= 4 is 21.5 Å². The third-order valence-corrected chi connectivity index (χ3v) is 5.90. The molecule has 138 valence electrons. The fourth-order valence-electron chi connectivity index (χ4n) is 2.38. The van der Waals surface area contributed by atoms with Gasteiger partial charge in [-0.1, -0.05) is 48.0 Å². The molecule has 2 aromatic rings. The van der Waals surface area contributed by atoms with Crippen LogP contribution in [0.25, 0.3) is 5.57 Å². The topological polar surface area (TPSA) is 66.5 Å². The van der Waals surface area contributed by atoms with Gasteiger partial charge in [-0.25, -0.2) is 8.42 Å². The van der Waals surface area contributed by atoms with Gasteiger partial charge in [0.1, 0.15) is 0 Å². The average molecular weight is 372 g/mol. The number of sulfonamides is 1. The van der Waals surface area contributed by atoms with Crippen molar-refractivity contribution in [2.24, 2.45) is 0 Å². The summed E-state index contributed by atoms with van der Waals surface area (Å²) in [6.45, 7) is 4.20. The third kappa shape index (κ3) is 5.28. The first-order chi connectivity index (χ1) is 12.3. The Morgan fingerprint density at radius 3 is 2.31 bits per heavy atom. The summed E-state index contributed by atoms with van der Waals surface area (Å²) >= 11 is 0. The van der Waals surface area contributed by atoms with Crippen LogP contribution < -0.4 is 5.32 Å². The first-order valence-corrected chi connectivity index (χ1v) is 9.79. The summed E-state index contributed by atoms with van der Waals surface area (Å²) in [4.78, 5) is 12.3. The number of amides is 1. The highest BCUT2D eigenvalue weighted by molar-refractivity contribution is 7.89. The SMILES string of the molecule is C/C(=C\C(=O)NCCN(C)S(=O)(=O)c1ccc(C)cc1)c1ccccc1. The van der Waals surface area contributed by atoms with Crippen molar-refractivity contribution in [1.82, 2.24) is 9.62 Å². The van der Waals surface area contributed by atoms with E-state index in [0.29, 0.717) is 0 Å². The Balaban J connectivity index is 1.90. The van der Waals surface area contributed by atoms with Crippen LogP contribution in [0.1, 0.15) is 18.1 Å². The Hall–Kier alpha value is -2.44. The van der Waals surface area contributed by atoms with Crippen LogP contribution >= 0.6 is 0 Å². The summed E-state index contributed by atoms with van der Waals surface area (Å²) in [6, 6.07) is 16.3. The van der Waals surface area contributed by atoms with Crippen molar-refractivity contribution in [3.63, 3.8) is 0 Å². The third-order valence-electron chi connectivity index (χ3n) is 4.03. The van der Waals surface area contributed by atoms with Gasteiger partial charge < -0.3 is 5.32 Å². The standard InChI is InChI=1S/C20H24N2O3S/c1-16-9-11-19(12-10-16)26(24,25)22(3)14-13-21-20(23)15-17(2)18-7-5-4-6-8-18/h4-12,15H,13-14H2,1-3H3,(H,21,23)/b17-15+. The number of rotatable bonds is 7. The van der Waals surface area contributed by atoms with E-state index >= 15 is 0 Å². The number of nitrogens with one attached hydrogen (secondary N) is 1. The monoisotopic (exact) mass is 372 g/mol. The lowest BCUT2D eigenvalue weighted by Gasteiger charge is -2.17. The Kier molecular flexibility index (Phi) is 6.71. The number of nitrogens with zero attached hydrogens (tertiary/aromatic N) is 1. The number of likely N-dealkylation sites (N-methyl/N-ethyl adjacent to an activating group) is 1. The number of hydrogen-bond acceptors (Lipinski definition) is 3. The number of allylic oxidation sites excluding steroid dienone is 1. The smallest absolute Gasteiger partial charge is 0.244 e. The summed E-state index contributed by atoms with van der Waals surface area (Å²) in [5.41, 5.74) is 2.82. The molecule has 0 saturated carbocycles. The van der Waals surface area contributed by atoms with Gasteiger partial charge in [0.2, 0.25) is 15.9 Å². The molecule has 0 unspecified atom stereocenters. The van der Waals surface area contributed by atoms with Crippen molar-refractivity contribution in [3.05, 3.63) is 71.8 Å². The van der Waals surface area contributed by atoms with Crippen molar-refractivity contribution in [3.8, 4) is 0 Å². The summed E-state index contributed by atoms with van der Waals surface area (Å²) < 4.78 is 26.2. The van der Waals surface area contributed by atoms with E-state index in [0.717, 1.165) is 16.7 Å². The molecule has 0 heterocycles. The number of benzene rings is 2. The normalized spacial score (nSPS) is 12.2. The number of aryl methyl sites for hydroxylation is 1. The average Bonchev–Trinajstić information content (AvgIpc) is 2.62. The molecule has 1 N–H and O–H groups in total. The fraction of sp³-hybridized carbons (Fsp3) is 0.250. The molecular formula is C20H24N2O3S. The van der Waals surface area contributed by atoms with Crippen LogP contribution in [0.2, 0.25) is 0 Å². The van der Waals surface area contributed by atoms with Gasteiger partial charge in [-0.3, -0.25) is 4.79 Å². The highest BCUT2D eigenvalue weighted by Gasteiger charge is 2.20. The molecule has 6 heteroatoms. The molecule has 0 spiro atoms. The molecule has 0 aliphatic carbocycles. The molecule has 1 amide bonds. The number of carbonyl (C=O) groups excluding carboxylic acids is 1. The van der Waals surface area contributed by atoms with Gasteiger partial charge in [0.15, 0.2) is 0 Å². The molecule has 0 radical (unpaired) electrons. The fourth-order valence-corrected chi connectivity index (χ4v) is 3.55. The van der Waals surface area contributed by atoms with Crippen molar-refractivity contribution < 1.29 is 13.2 Å².